The highest BCUT2D eigenvalue weighted by Crippen LogP contribution is 2.33. The number of nitrogens with zero attached hydrogens (tertiary/aromatic N) is 1. The maximum absolute atomic E-state index is 12.5. The van der Waals surface area contributed by atoms with E-state index in [0.29, 0.717) is 28.1 Å². The highest BCUT2D eigenvalue weighted by atomic mass is 32.1. The van der Waals surface area contributed by atoms with Gasteiger partial charge in [0.05, 0.1) is 20.8 Å². The van der Waals surface area contributed by atoms with Crippen LogP contribution in [0.15, 0.2) is 18.2 Å². The van der Waals surface area contributed by atoms with Crippen molar-refractivity contribution in [3.05, 3.63) is 28.8 Å². The zero-order chi connectivity index (χ0) is 13.3. The van der Waals surface area contributed by atoms with E-state index in [9.17, 15) is 13.2 Å². The highest BCUT2D eigenvalue weighted by Gasteiger charge is 2.30. The summed E-state index contributed by atoms with van der Waals surface area (Å²) in [6.07, 6.45) is -3.62. The first-order valence-electron chi connectivity index (χ1n) is 5.05. The van der Waals surface area contributed by atoms with E-state index in [-0.39, 0.29) is 5.05 Å². The quantitative estimate of drug-likeness (QED) is 0.863. The summed E-state index contributed by atoms with van der Waals surface area (Å²) in [5.41, 5.74) is -0.377. The summed E-state index contributed by atoms with van der Waals surface area (Å²) in [7, 11) is 0. The molecule has 0 aliphatic rings. The molecule has 18 heavy (non-hydrogen) atoms. The molecule has 1 aromatic heterocycles. The van der Waals surface area contributed by atoms with Crippen molar-refractivity contribution in [2.75, 3.05) is 0 Å². The van der Waals surface area contributed by atoms with Crippen LogP contribution in [0.25, 0.3) is 10.2 Å². The Hall–Kier alpha value is -1.21. The fourth-order valence-corrected chi connectivity index (χ4v) is 2.52. The Labute approximate surface area is 110 Å². The van der Waals surface area contributed by atoms with Gasteiger partial charge in [0.15, 0.2) is 5.05 Å². The third kappa shape index (κ3) is 2.97. The van der Waals surface area contributed by atoms with E-state index in [1.165, 1.54) is 17.4 Å². The predicted molar refractivity (Wildman–Crippen MR) is 68.2 cm³/mol. The normalized spacial score (nSPS) is 11.9. The van der Waals surface area contributed by atoms with Crippen LogP contribution in [0.4, 0.5) is 13.2 Å². The van der Waals surface area contributed by atoms with Gasteiger partial charge in [-0.15, -0.1) is 11.3 Å². The molecule has 2 aromatic rings. The van der Waals surface area contributed by atoms with Crippen molar-refractivity contribution in [1.29, 1.82) is 0 Å². The van der Waals surface area contributed by atoms with Crippen molar-refractivity contribution < 1.29 is 18.3 Å². The van der Waals surface area contributed by atoms with E-state index in [0.717, 1.165) is 12.1 Å². The SMILES string of the molecule is OC(=S)CCc1nc2cc(C(F)(F)F)ccc2s1. The molecule has 0 aliphatic heterocycles. The number of thiocarbonyl (C=S) groups is 1. The minimum absolute atomic E-state index is 0.120. The highest BCUT2D eigenvalue weighted by molar-refractivity contribution is 7.80. The lowest BCUT2D eigenvalue weighted by Crippen LogP contribution is -2.03. The number of hydrogen-bond acceptors (Lipinski definition) is 3. The molecule has 0 unspecified atom stereocenters. The fourth-order valence-electron chi connectivity index (χ4n) is 1.47. The number of aliphatic hydroxyl groups excluding tert-OH is 1. The van der Waals surface area contributed by atoms with Crippen molar-refractivity contribution in [2.24, 2.45) is 0 Å². The van der Waals surface area contributed by atoms with Gasteiger partial charge in [-0.1, -0.05) is 0 Å². The van der Waals surface area contributed by atoms with Crippen LogP contribution in [0.5, 0.6) is 0 Å². The summed E-state index contributed by atoms with van der Waals surface area (Å²) in [5.74, 6) is 0. The molecule has 96 valence electrons. The Morgan fingerprint density at radius 2 is 2.11 bits per heavy atom. The van der Waals surface area contributed by atoms with E-state index in [1.54, 1.807) is 0 Å². The molecule has 0 radical (unpaired) electrons. The lowest BCUT2D eigenvalue weighted by Gasteiger charge is -2.04. The number of halogens is 3. The predicted octanol–water partition coefficient (Wildman–Crippen LogP) is 4.13. The molecule has 0 spiro atoms. The molecular weight excluding hydrogens is 283 g/mol. The van der Waals surface area contributed by atoms with E-state index in [1.807, 2.05) is 0 Å². The van der Waals surface area contributed by atoms with E-state index >= 15 is 0 Å². The first-order valence-corrected chi connectivity index (χ1v) is 6.27. The molecule has 7 heteroatoms. The second-order valence-corrected chi connectivity index (χ2v) is 5.27. The number of benzene rings is 1. The minimum Gasteiger partial charge on any atom is -0.502 e. The molecular formula is C11H8F3NOS2. The molecule has 1 heterocycles. The molecule has 2 nitrogen and oxygen atoms in total. The summed E-state index contributed by atoms with van der Waals surface area (Å²) >= 11 is 5.84. The molecule has 0 aliphatic carbocycles. The van der Waals surface area contributed by atoms with Gasteiger partial charge >= 0.3 is 6.18 Å². The van der Waals surface area contributed by atoms with Gasteiger partial charge in [0.1, 0.15) is 0 Å². The molecule has 0 atom stereocenters. The maximum atomic E-state index is 12.5. The standard InChI is InChI=1S/C11H8F3NOS2/c12-11(13,14)6-1-2-8-7(5-6)15-9(18-8)3-4-10(16)17/h1-2,5H,3-4H2,(H,16,17). The van der Waals surface area contributed by atoms with Crippen LogP contribution >= 0.6 is 23.6 Å². The van der Waals surface area contributed by atoms with Gasteiger partial charge in [-0.25, -0.2) is 4.98 Å². The van der Waals surface area contributed by atoms with Crippen molar-refractivity contribution in [3.8, 4) is 0 Å². The zero-order valence-corrected chi connectivity index (χ0v) is 10.6. The minimum atomic E-state index is -4.36. The number of rotatable bonds is 3. The molecule has 0 saturated heterocycles. The van der Waals surface area contributed by atoms with Crippen molar-refractivity contribution in [2.45, 2.75) is 19.0 Å². The van der Waals surface area contributed by atoms with Gasteiger partial charge in [0.2, 0.25) is 0 Å². The molecule has 1 N–H and O–H groups in total. The van der Waals surface area contributed by atoms with Gasteiger partial charge in [0.25, 0.3) is 0 Å². The van der Waals surface area contributed by atoms with Crippen LogP contribution in [0.1, 0.15) is 17.0 Å². The number of thiazole rings is 1. The summed E-state index contributed by atoms with van der Waals surface area (Å²) in [4.78, 5) is 4.11. The number of fused-ring (bicyclic) bond motifs is 1. The van der Waals surface area contributed by atoms with Gasteiger partial charge < -0.3 is 5.11 Å². The second kappa shape index (κ2) is 4.81. The number of alkyl halides is 3. The summed E-state index contributed by atoms with van der Waals surface area (Å²) in [6, 6.07) is 3.49. The molecule has 1 aromatic carbocycles. The molecule has 0 saturated carbocycles. The number of aliphatic hydroxyl groups is 1. The first-order chi connectivity index (χ1) is 8.36. The molecule has 2 rings (SSSR count). The lowest BCUT2D eigenvalue weighted by atomic mass is 10.2. The Morgan fingerprint density at radius 3 is 2.72 bits per heavy atom. The largest absolute Gasteiger partial charge is 0.502 e. The average molecular weight is 291 g/mol. The van der Waals surface area contributed by atoms with Crippen LogP contribution in [0, 0.1) is 0 Å². The topological polar surface area (TPSA) is 33.1 Å². The smallest absolute Gasteiger partial charge is 0.416 e. The van der Waals surface area contributed by atoms with Crippen LogP contribution in [-0.4, -0.2) is 15.1 Å². The summed E-state index contributed by atoms with van der Waals surface area (Å²) in [6.45, 7) is 0. The van der Waals surface area contributed by atoms with Crippen LogP contribution < -0.4 is 0 Å². The van der Waals surface area contributed by atoms with Crippen molar-refractivity contribution in [1.82, 2.24) is 4.98 Å². The number of aromatic nitrogens is 1. The van der Waals surface area contributed by atoms with Crippen molar-refractivity contribution in [3.63, 3.8) is 0 Å². The lowest BCUT2D eigenvalue weighted by molar-refractivity contribution is -0.137. The second-order valence-electron chi connectivity index (χ2n) is 3.68. The summed E-state index contributed by atoms with van der Waals surface area (Å²) < 4.78 is 38.2. The third-order valence-corrected chi connectivity index (χ3v) is 3.61. The van der Waals surface area contributed by atoms with Crippen LogP contribution in [0.3, 0.4) is 0 Å². The first kappa shape index (κ1) is 13.2. The van der Waals surface area contributed by atoms with Gasteiger partial charge in [0, 0.05) is 12.8 Å². The zero-order valence-electron chi connectivity index (χ0n) is 8.99. The van der Waals surface area contributed by atoms with Crippen LogP contribution in [0.2, 0.25) is 0 Å². The maximum Gasteiger partial charge on any atom is 0.416 e. The molecule has 0 amide bonds. The van der Waals surface area contributed by atoms with Crippen LogP contribution in [-0.2, 0) is 12.6 Å². The molecule has 0 bridgehead atoms. The summed E-state index contributed by atoms with van der Waals surface area (Å²) in [5, 5.41) is 9.45. The Bertz CT molecular complexity index is 591. The Morgan fingerprint density at radius 1 is 1.39 bits per heavy atom. The average Bonchev–Trinajstić information content (AvgIpc) is 2.66. The monoisotopic (exact) mass is 291 g/mol. The number of hydrogen-bond donors (Lipinski definition) is 1. The van der Waals surface area contributed by atoms with E-state index in [2.05, 4.69) is 17.2 Å². The number of aryl methyl sites for hydroxylation is 1. The Kier molecular flexibility index (Phi) is 3.54. The fraction of sp³-hybridized carbons (Fsp3) is 0.273. The van der Waals surface area contributed by atoms with E-state index in [4.69, 9.17) is 5.11 Å². The van der Waals surface area contributed by atoms with Gasteiger partial charge in [-0.3, -0.25) is 0 Å². The Balaban J connectivity index is 2.31. The van der Waals surface area contributed by atoms with E-state index < -0.39 is 11.7 Å². The van der Waals surface area contributed by atoms with Gasteiger partial charge in [-0.05, 0) is 30.4 Å². The third-order valence-electron chi connectivity index (χ3n) is 2.31. The molecule has 0 fully saturated rings. The van der Waals surface area contributed by atoms with Crippen molar-refractivity contribution >= 4 is 38.8 Å². The van der Waals surface area contributed by atoms with Gasteiger partial charge in [-0.2, -0.15) is 13.2 Å².